The second-order valence-electron chi connectivity index (χ2n) is 8.02. The number of amides is 1. The summed E-state index contributed by atoms with van der Waals surface area (Å²) in [6.45, 7) is 10.2. The van der Waals surface area contributed by atoms with Crippen LogP contribution in [0.15, 0.2) is 29.4 Å². The van der Waals surface area contributed by atoms with E-state index < -0.39 is 0 Å². The molecule has 0 aliphatic carbocycles. The first-order valence-corrected chi connectivity index (χ1v) is 11.3. The molecule has 0 saturated carbocycles. The van der Waals surface area contributed by atoms with Crippen molar-refractivity contribution in [3.63, 3.8) is 0 Å². The number of likely N-dealkylation sites (tertiary alicyclic amines) is 1. The van der Waals surface area contributed by atoms with Crippen molar-refractivity contribution in [2.24, 2.45) is 0 Å². The maximum Gasteiger partial charge on any atom is 0.233 e. The summed E-state index contributed by atoms with van der Waals surface area (Å²) in [6, 6.07) is 6.62. The number of benzene rings is 1. The van der Waals surface area contributed by atoms with E-state index in [9.17, 15) is 9.18 Å². The predicted molar refractivity (Wildman–Crippen MR) is 113 cm³/mol. The number of hydrogen-bond acceptors (Lipinski definition) is 4. The average Bonchev–Trinajstić information content (AvgIpc) is 3.11. The van der Waals surface area contributed by atoms with Crippen molar-refractivity contribution in [2.75, 3.05) is 13.1 Å². The molecule has 29 heavy (non-hydrogen) atoms. The number of rotatable bonds is 7. The summed E-state index contributed by atoms with van der Waals surface area (Å²) in [5.41, 5.74) is 0.814. The highest BCUT2D eigenvalue weighted by atomic mass is 32.2. The van der Waals surface area contributed by atoms with Gasteiger partial charge in [-0.2, -0.15) is 0 Å². The second kappa shape index (κ2) is 9.71. The molecule has 158 valence electrons. The molecule has 2 aromatic rings. The molecule has 0 radical (unpaired) electrons. The molecule has 1 saturated heterocycles. The Kier molecular flexibility index (Phi) is 7.29. The van der Waals surface area contributed by atoms with Crippen LogP contribution in [0.5, 0.6) is 0 Å². The van der Waals surface area contributed by atoms with Gasteiger partial charge in [0.25, 0.3) is 0 Å². The molecule has 1 aromatic heterocycles. The first-order valence-electron chi connectivity index (χ1n) is 10.4. The van der Waals surface area contributed by atoms with Gasteiger partial charge in [0.15, 0.2) is 11.0 Å². The van der Waals surface area contributed by atoms with Crippen LogP contribution in [0.2, 0.25) is 0 Å². The second-order valence-corrected chi connectivity index (χ2v) is 9.32. The van der Waals surface area contributed by atoms with Gasteiger partial charge in [-0.15, -0.1) is 10.2 Å². The topological polar surface area (TPSA) is 64.2 Å². The number of hydrogen-bond donors (Lipinski definition) is 2. The van der Waals surface area contributed by atoms with Gasteiger partial charge in [0.2, 0.25) is 5.91 Å². The lowest BCUT2D eigenvalue weighted by Crippen LogP contribution is -3.12. The third kappa shape index (κ3) is 5.36. The van der Waals surface area contributed by atoms with Crippen LogP contribution in [0.1, 0.15) is 58.8 Å². The van der Waals surface area contributed by atoms with Gasteiger partial charge in [-0.05, 0) is 71.2 Å². The van der Waals surface area contributed by atoms with Crippen LogP contribution < -0.4 is 10.2 Å². The molecule has 1 aliphatic rings. The van der Waals surface area contributed by atoms with Crippen molar-refractivity contribution in [1.29, 1.82) is 0 Å². The number of carbonyl (C=O) groups is 1. The van der Waals surface area contributed by atoms with Gasteiger partial charge in [-0.1, -0.05) is 11.8 Å². The van der Waals surface area contributed by atoms with Gasteiger partial charge in [-0.25, -0.2) is 4.39 Å². The fraction of sp³-hybridized carbons (Fsp3) is 0.571. The summed E-state index contributed by atoms with van der Waals surface area (Å²) in [7, 11) is 0. The molecule has 1 aromatic carbocycles. The molecule has 2 N–H and O–H groups in total. The molecule has 8 heteroatoms. The molecular formula is C21H31FN5OS+. The van der Waals surface area contributed by atoms with Crippen LogP contribution >= 0.6 is 11.8 Å². The van der Waals surface area contributed by atoms with Crippen LogP contribution in [0.25, 0.3) is 5.69 Å². The van der Waals surface area contributed by atoms with Crippen molar-refractivity contribution >= 4 is 17.7 Å². The monoisotopic (exact) mass is 420 g/mol. The fourth-order valence-electron chi connectivity index (χ4n) is 3.71. The van der Waals surface area contributed by atoms with Crippen molar-refractivity contribution < 1.29 is 14.1 Å². The smallest absolute Gasteiger partial charge is 0.233 e. The maximum atomic E-state index is 13.5. The standard InChI is InChI=1S/C21H30FN5OS/c1-14(2)23-20(28)16(4)29-21-25-24-19(15(3)26-12-6-5-7-13-26)27(21)18-10-8-17(22)9-11-18/h8-11,14-16H,5-7,12-13H2,1-4H3,(H,23,28)/p+1/t15-,16+/m0/s1. The van der Waals surface area contributed by atoms with Crippen LogP contribution in [0, 0.1) is 5.82 Å². The van der Waals surface area contributed by atoms with Gasteiger partial charge in [0.1, 0.15) is 11.9 Å². The molecule has 0 unspecified atom stereocenters. The van der Waals surface area contributed by atoms with Crippen LogP contribution in [-0.4, -0.2) is 45.1 Å². The highest BCUT2D eigenvalue weighted by molar-refractivity contribution is 8.00. The first kappa shape index (κ1) is 21.8. The Morgan fingerprint density at radius 2 is 1.76 bits per heavy atom. The Labute approximate surface area is 176 Å². The number of quaternary nitrogens is 1. The Bertz CT molecular complexity index is 817. The van der Waals surface area contributed by atoms with Crippen molar-refractivity contribution in [3.05, 3.63) is 35.9 Å². The lowest BCUT2D eigenvalue weighted by molar-refractivity contribution is -0.935. The first-order chi connectivity index (χ1) is 13.9. The van der Waals surface area contributed by atoms with E-state index in [-0.39, 0.29) is 29.1 Å². The number of nitrogens with one attached hydrogen (secondary N) is 2. The average molecular weight is 421 g/mol. The van der Waals surface area contributed by atoms with Crippen LogP contribution in [0.4, 0.5) is 4.39 Å². The molecule has 0 bridgehead atoms. The minimum absolute atomic E-state index is 0.0325. The minimum Gasteiger partial charge on any atom is -0.353 e. The molecule has 1 fully saturated rings. The molecule has 2 atom stereocenters. The largest absolute Gasteiger partial charge is 0.353 e. The van der Waals surface area contributed by atoms with Gasteiger partial charge in [0.05, 0.1) is 18.3 Å². The summed E-state index contributed by atoms with van der Waals surface area (Å²) < 4.78 is 15.5. The molecule has 1 amide bonds. The fourth-order valence-corrected chi connectivity index (χ4v) is 4.59. The summed E-state index contributed by atoms with van der Waals surface area (Å²) in [6.07, 6.45) is 3.72. The number of carbonyl (C=O) groups excluding carboxylic acids is 1. The summed E-state index contributed by atoms with van der Waals surface area (Å²) in [4.78, 5) is 13.9. The highest BCUT2D eigenvalue weighted by Gasteiger charge is 2.29. The number of nitrogens with zero attached hydrogens (tertiary/aromatic N) is 3. The maximum absolute atomic E-state index is 13.5. The van der Waals surface area contributed by atoms with E-state index in [2.05, 4.69) is 22.4 Å². The molecule has 2 heterocycles. The Morgan fingerprint density at radius 3 is 2.38 bits per heavy atom. The number of halogens is 1. The van der Waals surface area contributed by atoms with Crippen molar-refractivity contribution in [2.45, 2.75) is 69.4 Å². The summed E-state index contributed by atoms with van der Waals surface area (Å²) in [5, 5.41) is 12.2. The van der Waals surface area contributed by atoms with Crippen LogP contribution in [0.3, 0.4) is 0 Å². The molecule has 6 nitrogen and oxygen atoms in total. The van der Waals surface area contributed by atoms with E-state index in [4.69, 9.17) is 0 Å². The Morgan fingerprint density at radius 1 is 1.10 bits per heavy atom. The number of aromatic nitrogens is 3. The zero-order chi connectivity index (χ0) is 21.0. The van der Waals surface area contributed by atoms with E-state index in [1.54, 1.807) is 12.1 Å². The zero-order valence-corrected chi connectivity index (χ0v) is 18.4. The van der Waals surface area contributed by atoms with E-state index in [0.29, 0.717) is 5.16 Å². The molecular weight excluding hydrogens is 389 g/mol. The SMILES string of the molecule is CC(C)NC(=O)[C@@H](C)Sc1nnc([C@H](C)[NH+]2CCCCC2)n1-c1ccc(F)cc1. The minimum atomic E-state index is -0.314. The normalized spacial score (nSPS) is 17.3. The van der Waals surface area contributed by atoms with Crippen molar-refractivity contribution in [3.8, 4) is 5.69 Å². The summed E-state index contributed by atoms with van der Waals surface area (Å²) in [5.74, 6) is 0.541. The predicted octanol–water partition coefficient (Wildman–Crippen LogP) is 2.54. The lowest BCUT2D eigenvalue weighted by atomic mass is 10.1. The quantitative estimate of drug-likeness (QED) is 0.676. The van der Waals surface area contributed by atoms with Crippen LogP contribution in [-0.2, 0) is 4.79 Å². The third-order valence-electron chi connectivity index (χ3n) is 5.32. The van der Waals surface area contributed by atoms with E-state index in [1.165, 1.54) is 48.1 Å². The number of thioether (sulfide) groups is 1. The highest BCUT2D eigenvalue weighted by Crippen LogP contribution is 2.28. The number of piperidine rings is 1. The van der Waals surface area contributed by atoms with E-state index >= 15 is 0 Å². The van der Waals surface area contributed by atoms with E-state index in [0.717, 1.165) is 24.6 Å². The summed E-state index contributed by atoms with van der Waals surface area (Å²) >= 11 is 1.38. The Hall–Kier alpha value is -1.93. The molecule has 0 spiro atoms. The van der Waals surface area contributed by atoms with Gasteiger partial charge >= 0.3 is 0 Å². The van der Waals surface area contributed by atoms with Crippen molar-refractivity contribution in [1.82, 2.24) is 20.1 Å². The van der Waals surface area contributed by atoms with Gasteiger partial charge in [0, 0.05) is 11.7 Å². The Balaban J connectivity index is 1.92. The van der Waals surface area contributed by atoms with E-state index in [1.807, 2.05) is 25.3 Å². The molecule has 3 rings (SSSR count). The lowest BCUT2D eigenvalue weighted by Gasteiger charge is -2.29. The van der Waals surface area contributed by atoms with Gasteiger partial charge in [-0.3, -0.25) is 9.36 Å². The third-order valence-corrected chi connectivity index (χ3v) is 6.36. The molecule has 1 aliphatic heterocycles. The zero-order valence-electron chi connectivity index (χ0n) is 17.6. The van der Waals surface area contributed by atoms with Gasteiger partial charge < -0.3 is 10.2 Å².